The molecule has 1 rings (SSSR count). The molecule has 4 heteroatoms. The molecule has 0 bridgehead atoms. The molecular weight excluding hydrogens is 260 g/mol. The van der Waals surface area contributed by atoms with Crippen LogP contribution in [0.2, 0.25) is 0 Å². The predicted molar refractivity (Wildman–Crippen MR) is 68.0 cm³/mol. The summed E-state index contributed by atoms with van der Waals surface area (Å²) >= 11 is 5.22. The van der Waals surface area contributed by atoms with Gasteiger partial charge in [-0.25, -0.2) is 4.98 Å². The molecule has 1 aromatic heterocycles. The Morgan fingerprint density at radius 3 is 3.00 bits per heavy atom. The lowest BCUT2D eigenvalue weighted by molar-refractivity contribution is 0.766. The van der Waals surface area contributed by atoms with E-state index in [9.17, 15) is 0 Å². The van der Waals surface area contributed by atoms with E-state index in [1.165, 1.54) is 5.75 Å². The Balaban J connectivity index is 2.43. The third-order valence-electron chi connectivity index (χ3n) is 1.86. The lowest BCUT2D eigenvalue weighted by Gasteiger charge is -2.13. The summed E-state index contributed by atoms with van der Waals surface area (Å²) in [5.41, 5.74) is 0. The van der Waals surface area contributed by atoms with Crippen LogP contribution < -0.4 is 5.32 Å². The molecule has 0 saturated carbocycles. The second kappa shape index (κ2) is 6.30. The van der Waals surface area contributed by atoms with Crippen LogP contribution in [0, 0.1) is 0 Å². The molecule has 0 aliphatic carbocycles. The van der Waals surface area contributed by atoms with Crippen molar-refractivity contribution in [2.45, 2.75) is 19.4 Å². The Kier molecular flexibility index (Phi) is 5.33. The molecule has 78 valence electrons. The zero-order valence-electron chi connectivity index (χ0n) is 8.46. The highest BCUT2D eigenvalue weighted by Gasteiger charge is 2.02. The van der Waals surface area contributed by atoms with E-state index in [1.807, 2.05) is 30.0 Å². The Morgan fingerprint density at radius 2 is 2.36 bits per heavy atom. The number of pyridine rings is 1. The molecule has 14 heavy (non-hydrogen) atoms. The van der Waals surface area contributed by atoms with Crippen LogP contribution in [0.4, 0.5) is 5.82 Å². The van der Waals surface area contributed by atoms with Gasteiger partial charge in [0.2, 0.25) is 0 Å². The smallest absolute Gasteiger partial charge is 0.127 e. The molecule has 1 atom stereocenters. The van der Waals surface area contributed by atoms with Gasteiger partial charge in [-0.15, -0.1) is 0 Å². The van der Waals surface area contributed by atoms with E-state index in [1.54, 1.807) is 0 Å². The number of aromatic nitrogens is 1. The van der Waals surface area contributed by atoms with Crippen molar-refractivity contribution in [1.29, 1.82) is 0 Å². The normalized spacial score (nSPS) is 12.5. The van der Waals surface area contributed by atoms with Crippen molar-refractivity contribution in [3.05, 3.63) is 22.8 Å². The van der Waals surface area contributed by atoms with Gasteiger partial charge in [0.1, 0.15) is 10.4 Å². The fraction of sp³-hybridized carbons (Fsp3) is 0.500. The maximum Gasteiger partial charge on any atom is 0.127 e. The molecule has 1 aromatic rings. The van der Waals surface area contributed by atoms with Crippen molar-refractivity contribution in [2.75, 3.05) is 17.3 Å². The molecule has 2 nitrogen and oxygen atoms in total. The lowest BCUT2D eigenvalue weighted by atomic mass is 10.2. The summed E-state index contributed by atoms with van der Waals surface area (Å²) < 4.78 is 0.875. The molecule has 0 aliphatic rings. The quantitative estimate of drug-likeness (QED) is 0.834. The molecule has 0 spiro atoms. The Morgan fingerprint density at radius 1 is 1.57 bits per heavy atom. The number of hydrogen-bond acceptors (Lipinski definition) is 3. The number of anilines is 1. The average molecular weight is 275 g/mol. The number of rotatable bonds is 5. The highest BCUT2D eigenvalue weighted by Crippen LogP contribution is 2.12. The van der Waals surface area contributed by atoms with Gasteiger partial charge in [-0.2, -0.15) is 11.8 Å². The lowest BCUT2D eigenvalue weighted by Crippen LogP contribution is -2.16. The molecule has 1 unspecified atom stereocenters. The first kappa shape index (κ1) is 11.9. The third kappa shape index (κ3) is 4.33. The van der Waals surface area contributed by atoms with Gasteiger partial charge in [0.05, 0.1) is 0 Å². The zero-order chi connectivity index (χ0) is 10.4. The van der Waals surface area contributed by atoms with Crippen molar-refractivity contribution >= 4 is 33.5 Å². The maximum atomic E-state index is 4.32. The largest absolute Gasteiger partial charge is 0.368 e. The van der Waals surface area contributed by atoms with Crippen molar-refractivity contribution < 1.29 is 0 Å². The summed E-state index contributed by atoms with van der Waals surface area (Å²) in [5, 5.41) is 3.36. The number of hydrogen-bond donors (Lipinski definition) is 1. The highest BCUT2D eigenvalue weighted by molar-refractivity contribution is 9.10. The molecule has 0 amide bonds. The van der Waals surface area contributed by atoms with Crippen LogP contribution in [0.5, 0.6) is 0 Å². The highest BCUT2D eigenvalue weighted by atomic mass is 79.9. The second-order valence-corrected chi connectivity index (χ2v) is 4.97. The van der Waals surface area contributed by atoms with Gasteiger partial charge in [-0.05, 0) is 53.4 Å². The fourth-order valence-corrected chi connectivity index (χ4v) is 2.04. The SMILES string of the molecule is CSCCC(C)Nc1cccc(Br)n1. The molecule has 1 heterocycles. The number of halogens is 1. The monoisotopic (exact) mass is 274 g/mol. The van der Waals surface area contributed by atoms with Crippen LogP contribution >= 0.6 is 27.7 Å². The van der Waals surface area contributed by atoms with Gasteiger partial charge in [0, 0.05) is 6.04 Å². The molecular formula is C10H15BrN2S. The van der Waals surface area contributed by atoms with E-state index in [0.717, 1.165) is 16.8 Å². The molecule has 0 fully saturated rings. The van der Waals surface area contributed by atoms with E-state index in [-0.39, 0.29) is 0 Å². The predicted octanol–water partition coefficient (Wildman–Crippen LogP) is 3.40. The van der Waals surface area contributed by atoms with E-state index < -0.39 is 0 Å². The first-order chi connectivity index (χ1) is 6.72. The van der Waals surface area contributed by atoms with E-state index in [2.05, 4.69) is 39.4 Å². The number of nitrogens with zero attached hydrogens (tertiary/aromatic N) is 1. The summed E-state index contributed by atoms with van der Waals surface area (Å²) in [6, 6.07) is 6.38. The van der Waals surface area contributed by atoms with Crippen LogP contribution in [0.1, 0.15) is 13.3 Å². The molecule has 0 radical (unpaired) electrons. The summed E-state index contributed by atoms with van der Waals surface area (Å²) in [7, 11) is 0. The van der Waals surface area contributed by atoms with Crippen LogP contribution in [-0.2, 0) is 0 Å². The van der Waals surface area contributed by atoms with Crippen LogP contribution in [0.25, 0.3) is 0 Å². The number of thioether (sulfide) groups is 1. The van der Waals surface area contributed by atoms with Gasteiger partial charge in [-0.1, -0.05) is 6.07 Å². The van der Waals surface area contributed by atoms with Crippen molar-refractivity contribution in [1.82, 2.24) is 4.98 Å². The average Bonchev–Trinajstić information content (AvgIpc) is 2.15. The Labute approximate surface area is 98.0 Å². The minimum Gasteiger partial charge on any atom is -0.368 e. The van der Waals surface area contributed by atoms with Crippen LogP contribution in [0.15, 0.2) is 22.8 Å². The van der Waals surface area contributed by atoms with Gasteiger partial charge in [-0.3, -0.25) is 0 Å². The summed E-state index contributed by atoms with van der Waals surface area (Å²) in [4.78, 5) is 4.32. The molecule has 0 aliphatic heterocycles. The van der Waals surface area contributed by atoms with E-state index in [0.29, 0.717) is 6.04 Å². The van der Waals surface area contributed by atoms with Gasteiger partial charge in [0.25, 0.3) is 0 Å². The van der Waals surface area contributed by atoms with Crippen LogP contribution in [0.3, 0.4) is 0 Å². The Hall–Kier alpha value is -0.220. The van der Waals surface area contributed by atoms with Crippen molar-refractivity contribution in [3.8, 4) is 0 Å². The first-order valence-corrected chi connectivity index (χ1v) is 6.79. The van der Waals surface area contributed by atoms with E-state index in [4.69, 9.17) is 0 Å². The van der Waals surface area contributed by atoms with Crippen molar-refractivity contribution in [3.63, 3.8) is 0 Å². The minimum absolute atomic E-state index is 0.476. The summed E-state index contributed by atoms with van der Waals surface area (Å²) in [6.07, 6.45) is 3.29. The molecule has 0 saturated heterocycles. The van der Waals surface area contributed by atoms with Gasteiger partial charge >= 0.3 is 0 Å². The van der Waals surface area contributed by atoms with Crippen LogP contribution in [-0.4, -0.2) is 23.0 Å². The summed E-state index contributed by atoms with van der Waals surface area (Å²) in [5.74, 6) is 2.12. The Bertz CT molecular complexity index is 281. The summed E-state index contributed by atoms with van der Waals surface area (Å²) in [6.45, 7) is 2.18. The van der Waals surface area contributed by atoms with E-state index >= 15 is 0 Å². The van der Waals surface area contributed by atoms with Gasteiger partial charge < -0.3 is 5.32 Å². The molecule has 0 aromatic carbocycles. The molecule has 1 N–H and O–H groups in total. The standard InChI is InChI=1S/C10H15BrN2S/c1-8(6-7-14-2)12-10-5-3-4-9(11)13-10/h3-5,8H,6-7H2,1-2H3,(H,12,13). The maximum absolute atomic E-state index is 4.32. The topological polar surface area (TPSA) is 24.9 Å². The third-order valence-corrected chi connectivity index (χ3v) is 2.95. The zero-order valence-corrected chi connectivity index (χ0v) is 10.9. The first-order valence-electron chi connectivity index (χ1n) is 4.60. The minimum atomic E-state index is 0.476. The van der Waals surface area contributed by atoms with Gasteiger partial charge in [0.15, 0.2) is 0 Å². The second-order valence-electron chi connectivity index (χ2n) is 3.17. The van der Waals surface area contributed by atoms with Crippen molar-refractivity contribution in [2.24, 2.45) is 0 Å². The number of nitrogens with one attached hydrogen (secondary N) is 1. The fourth-order valence-electron chi connectivity index (χ4n) is 1.11.